The van der Waals surface area contributed by atoms with E-state index in [4.69, 9.17) is 0 Å². The lowest BCUT2D eigenvalue weighted by atomic mass is 9.78. The van der Waals surface area contributed by atoms with Crippen molar-refractivity contribution in [2.45, 2.75) is 31.9 Å². The Morgan fingerprint density at radius 1 is 1.24 bits per heavy atom. The summed E-state index contributed by atoms with van der Waals surface area (Å²) in [6.45, 7) is 2.24. The van der Waals surface area contributed by atoms with Gasteiger partial charge in [0.05, 0.1) is 11.5 Å². The lowest BCUT2D eigenvalue weighted by Gasteiger charge is -2.42. The fourth-order valence-corrected chi connectivity index (χ4v) is 5.22. The number of pyridine rings is 1. The lowest BCUT2D eigenvalue weighted by Crippen LogP contribution is -2.58. The number of amides is 1. The van der Waals surface area contributed by atoms with E-state index in [1.807, 2.05) is 4.90 Å². The van der Waals surface area contributed by atoms with Crippen LogP contribution in [0.5, 0.6) is 0 Å². The Bertz CT molecular complexity index is 1010. The molecule has 3 aliphatic rings. The van der Waals surface area contributed by atoms with Gasteiger partial charge in [-0.15, -0.1) is 0 Å². The fourth-order valence-electron chi connectivity index (χ4n) is 5.22. The molecule has 152 valence electrons. The van der Waals surface area contributed by atoms with Crippen LogP contribution >= 0.6 is 0 Å². The lowest BCUT2D eigenvalue weighted by molar-refractivity contribution is -0.151. The summed E-state index contributed by atoms with van der Waals surface area (Å²) < 4.78 is 14.7. The zero-order valence-corrected chi connectivity index (χ0v) is 16.1. The summed E-state index contributed by atoms with van der Waals surface area (Å²) in [5.41, 5.74) is 1.55. The molecule has 3 heterocycles. The zero-order valence-electron chi connectivity index (χ0n) is 16.1. The summed E-state index contributed by atoms with van der Waals surface area (Å²) in [5, 5.41) is 14.1. The molecule has 0 unspecified atom stereocenters. The highest BCUT2D eigenvalue weighted by Crippen LogP contribution is 2.45. The average molecular weight is 397 g/mol. The second-order valence-electron chi connectivity index (χ2n) is 8.52. The molecule has 7 heteroatoms. The van der Waals surface area contributed by atoms with Crippen molar-refractivity contribution < 1.29 is 14.3 Å². The van der Waals surface area contributed by atoms with Crippen molar-refractivity contribution in [3.63, 3.8) is 0 Å². The van der Waals surface area contributed by atoms with Crippen molar-refractivity contribution in [1.82, 2.24) is 14.8 Å². The monoisotopic (exact) mass is 397 g/mol. The van der Waals surface area contributed by atoms with Crippen LogP contribution < -0.4 is 10.9 Å². The van der Waals surface area contributed by atoms with E-state index in [1.165, 1.54) is 16.7 Å². The van der Waals surface area contributed by atoms with Gasteiger partial charge in [0, 0.05) is 44.1 Å². The van der Waals surface area contributed by atoms with Gasteiger partial charge in [0.2, 0.25) is 5.91 Å². The molecule has 0 radical (unpaired) electrons. The number of aliphatic hydroxyl groups excluding tert-OH is 1. The second-order valence-corrected chi connectivity index (χ2v) is 8.52. The number of hydrogen-bond donors (Lipinski definition) is 2. The summed E-state index contributed by atoms with van der Waals surface area (Å²) in [5.74, 6) is -0.205. The predicted octanol–water partition coefficient (Wildman–Crippen LogP) is 1.22. The van der Waals surface area contributed by atoms with Crippen molar-refractivity contribution >= 4 is 5.91 Å². The van der Waals surface area contributed by atoms with E-state index in [0.717, 1.165) is 24.1 Å². The first-order valence-corrected chi connectivity index (χ1v) is 10.2. The first-order chi connectivity index (χ1) is 14.0. The smallest absolute Gasteiger partial charge is 0.255 e. The van der Waals surface area contributed by atoms with Crippen LogP contribution in [0.3, 0.4) is 0 Å². The molecule has 2 aromatic rings. The number of benzene rings is 1. The van der Waals surface area contributed by atoms with Gasteiger partial charge in [-0.1, -0.05) is 0 Å². The molecule has 3 atom stereocenters. The van der Waals surface area contributed by atoms with Crippen molar-refractivity contribution in [3.05, 3.63) is 63.8 Å². The van der Waals surface area contributed by atoms with Crippen molar-refractivity contribution in [2.75, 3.05) is 19.6 Å². The summed E-state index contributed by atoms with van der Waals surface area (Å²) >= 11 is 0. The molecule has 1 aliphatic carbocycles. The summed E-state index contributed by atoms with van der Waals surface area (Å²) in [4.78, 5) is 27.8. The fraction of sp³-hybridized carbons (Fsp3) is 0.455. The highest BCUT2D eigenvalue weighted by molar-refractivity contribution is 5.84. The molecule has 2 bridgehead atoms. The molecule has 2 N–H and O–H groups in total. The first-order valence-electron chi connectivity index (χ1n) is 10.2. The summed E-state index contributed by atoms with van der Waals surface area (Å²) in [7, 11) is 0. The maximum absolute atomic E-state index is 13.4. The first kappa shape index (κ1) is 18.5. The van der Waals surface area contributed by atoms with Crippen LogP contribution in [0.1, 0.15) is 24.0 Å². The third-order valence-corrected chi connectivity index (χ3v) is 6.88. The van der Waals surface area contributed by atoms with Gasteiger partial charge in [-0.25, -0.2) is 4.39 Å². The van der Waals surface area contributed by atoms with E-state index in [1.54, 1.807) is 24.4 Å². The molecule has 1 saturated heterocycles. The number of hydrogen-bond acceptors (Lipinski definition) is 4. The van der Waals surface area contributed by atoms with E-state index < -0.39 is 11.5 Å². The largest absolute Gasteiger partial charge is 0.392 e. The Hall–Kier alpha value is -2.51. The number of fused-ring (bicyclic) bond motifs is 3. The molecule has 29 heavy (non-hydrogen) atoms. The Morgan fingerprint density at radius 3 is 2.83 bits per heavy atom. The Labute approximate surface area is 168 Å². The van der Waals surface area contributed by atoms with Crippen LogP contribution in [0, 0.1) is 17.2 Å². The normalized spacial score (nSPS) is 28.3. The SMILES string of the molecule is O=C(N1CCc2cc(=O)n(-c3ccc(F)cc3)cc2C1)[C@@]12CC[C@@H](CNC1)[C@H]2O. The minimum absolute atomic E-state index is 0.00452. The van der Waals surface area contributed by atoms with Crippen LogP contribution in [0.4, 0.5) is 4.39 Å². The van der Waals surface area contributed by atoms with Crippen LogP contribution in [0.25, 0.3) is 5.69 Å². The zero-order chi connectivity index (χ0) is 20.2. The summed E-state index contributed by atoms with van der Waals surface area (Å²) in [6, 6.07) is 7.39. The highest BCUT2D eigenvalue weighted by atomic mass is 19.1. The van der Waals surface area contributed by atoms with Gasteiger partial charge in [0.25, 0.3) is 5.56 Å². The number of rotatable bonds is 2. The van der Waals surface area contributed by atoms with E-state index in [-0.39, 0.29) is 23.2 Å². The minimum Gasteiger partial charge on any atom is -0.392 e. The Morgan fingerprint density at radius 2 is 2.03 bits per heavy atom. The van der Waals surface area contributed by atoms with Gasteiger partial charge < -0.3 is 15.3 Å². The van der Waals surface area contributed by atoms with E-state index >= 15 is 0 Å². The molecule has 1 amide bonds. The molecule has 6 nitrogen and oxygen atoms in total. The number of carbonyl (C=O) groups is 1. The van der Waals surface area contributed by atoms with Crippen molar-refractivity contribution in [3.8, 4) is 5.69 Å². The standard InChI is InChI=1S/C22H24FN3O3/c23-17-1-3-18(4-2-17)26-12-16-11-25(8-6-14(16)9-19(26)27)21(29)22-7-5-15(20(22)28)10-24-13-22/h1-4,9,12,15,20,24,28H,5-8,10-11,13H2/t15-,20+,22-/m0/s1. The van der Waals surface area contributed by atoms with E-state index in [9.17, 15) is 19.1 Å². The molecule has 1 aromatic carbocycles. The average Bonchev–Trinajstić information content (AvgIpc) is 2.91. The number of nitrogens with one attached hydrogen (secondary N) is 1. The maximum Gasteiger partial charge on any atom is 0.255 e. The Kier molecular flexibility index (Phi) is 4.33. The number of piperidine rings is 1. The topological polar surface area (TPSA) is 74.6 Å². The van der Waals surface area contributed by atoms with Gasteiger partial charge in [-0.3, -0.25) is 14.2 Å². The van der Waals surface area contributed by atoms with Crippen molar-refractivity contribution in [2.24, 2.45) is 11.3 Å². The number of halogens is 1. The number of aliphatic hydroxyl groups is 1. The van der Waals surface area contributed by atoms with Gasteiger partial charge >= 0.3 is 0 Å². The van der Waals surface area contributed by atoms with E-state index in [0.29, 0.717) is 38.2 Å². The maximum atomic E-state index is 13.4. The molecular weight excluding hydrogens is 373 g/mol. The third kappa shape index (κ3) is 2.91. The third-order valence-electron chi connectivity index (χ3n) is 6.88. The van der Waals surface area contributed by atoms with Crippen LogP contribution in [-0.4, -0.2) is 46.2 Å². The quantitative estimate of drug-likeness (QED) is 0.799. The second kappa shape index (κ2) is 6.78. The van der Waals surface area contributed by atoms with Crippen LogP contribution in [-0.2, 0) is 17.8 Å². The minimum atomic E-state index is -0.730. The molecule has 0 spiro atoms. The van der Waals surface area contributed by atoms with E-state index in [2.05, 4.69) is 5.32 Å². The summed E-state index contributed by atoms with van der Waals surface area (Å²) in [6.07, 6.45) is 3.36. The highest BCUT2D eigenvalue weighted by Gasteiger charge is 2.56. The number of aromatic nitrogens is 1. The molecule has 1 saturated carbocycles. The molecule has 1 aromatic heterocycles. The van der Waals surface area contributed by atoms with Crippen molar-refractivity contribution in [1.29, 1.82) is 0 Å². The van der Waals surface area contributed by atoms with Crippen LogP contribution in [0.2, 0.25) is 0 Å². The Balaban J connectivity index is 1.45. The van der Waals surface area contributed by atoms with Gasteiger partial charge in [-0.2, -0.15) is 0 Å². The molecule has 2 fully saturated rings. The molecular formula is C22H24FN3O3. The van der Waals surface area contributed by atoms with Gasteiger partial charge in [0.15, 0.2) is 0 Å². The number of nitrogens with zero attached hydrogens (tertiary/aromatic N) is 2. The number of carbonyl (C=O) groups excluding carboxylic acids is 1. The predicted molar refractivity (Wildman–Crippen MR) is 105 cm³/mol. The van der Waals surface area contributed by atoms with Crippen LogP contribution in [0.15, 0.2) is 41.3 Å². The molecule has 5 rings (SSSR count). The molecule has 2 aliphatic heterocycles. The van der Waals surface area contributed by atoms with Gasteiger partial charge in [0.1, 0.15) is 5.82 Å². The van der Waals surface area contributed by atoms with Gasteiger partial charge in [-0.05, 0) is 60.6 Å².